The largest absolute Gasteiger partial charge is 0.496 e. The lowest BCUT2D eigenvalue weighted by Crippen LogP contribution is -2.50. The van der Waals surface area contributed by atoms with E-state index in [1.54, 1.807) is 18.9 Å². The van der Waals surface area contributed by atoms with Crippen molar-refractivity contribution in [2.24, 2.45) is 0 Å². The molecule has 3 unspecified atom stereocenters. The van der Waals surface area contributed by atoms with Crippen molar-refractivity contribution in [1.82, 2.24) is 10.2 Å². The molecule has 0 saturated carbocycles. The summed E-state index contributed by atoms with van der Waals surface area (Å²) in [4.78, 5) is 28.1. The maximum absolute atomic E-state index is 13.7. The van der Waals surface area contributed by atoms with Crippen LogP contribution in [0.3, 0.4) is 0 Å². The van der Waals surface area contributed by atoms with Crippen molar-refractivity contribution in [2.75, 3.05) is 12.9 Å². The third-order valence-electron chi connectivity index (χ3n) is 6.52. The van der Waals surface area contributed by atoms with Gasteiger partial charge in [0.2, 0.25) is 11.8 Å². The quantitative estimate of drug-likeness (QED) is 0.591. The highest BCUT2D eigenvalue weighted by Gasteiger charge is 2.56. The third-order valence-corrected chi connectivity index (χ3v) is 8.12. The highest BCUT2D eigenvalue weighted by atomic mass is 32.2. The summed E-state index contributed by atoms with van der Waals surface area (Å²) < 4.78 is 5.60. The molecule has 1 N–H and O–H groups in total. The first-order valence-electron chi connectivity index (χ1n) is 11.1. The number of amides is 2. The van der Waals surface area contributed by atoms with Crippen molar-refractivity contribution in [1.29, 1.82) is 0 Å². The topological polar surface area (TPSA) is 58.6 Å². The average Bonchev–Trinajstić information content (AvgIpc) is 3.42. The molecule has 2 aliphatic heterocycles. The molecule has 0 aromatic heterocycles. The molecule has 0 radical (unpaired) electrons. The molecule has 0 aliphatic carbocycles. The van der Waals surface area contributed by atoms with Crippen LogP contribution in [0.25, 0.3) is 0 Å². The van der Waals surface area contributed by atoms with E-state index in [0.717, 1.165) is 23.1 Å². The zero-order chi connectivity index (χ0) is 22.8. The molecule has 168 valence electrons. The Morgan fingerprint density at radius 3 is 2.42 bits per heavy atom. The second kappa shape index (κ2) is 8.94. The number of carbonyl (C=O) groups is 2. The summed E-state index contributed by atoms with van der Waals surface area (Å²) in [7, 11) is 1.63. The number of hydrogen-bond acceptors (Lipinski definition) is 4. The highest BCUT2D eigenvalue weighted by Crippen LogP contribution is 2.54. The number of methoxy groups -OCH3 is 1. The Morgan fingerprint density at radius 1 is 1.03 bits per heavy atom. The molecule has 3 atom stereocenters. The number of para-hydroxylation sites is 1. The number of carbonyl (C=O) groups excluding carboxylic acids is 2. The van der Waals surface area contributed by atoms with Crippen molar-refractivity contribution in [3.63, 3.8) is 0 Å². The van der Waals surface area contributed by atoms with E-state index in [2.05, 4.69) is 17.4 Å². The lowest BCUT2D eigenvalue weighted by Gasteiger charge is -2.34. The number of nitrogens with zero attached hydrogens (tertiary/aromatic N) is 1. The van der Waals surface area contributed by atoms with Crippen LogP contribution >= 0.6 is 11.8 Å². The second-order valence-electron chi connectivity index (χ2n) is 8.34. The summed E-state index contributed by atoms with van der Waals surface area (Å²) in [6.45, 7) is 0. The summed E-state index contributed by atoms with van der Waals surface area (Å²) >= 11 is 1.70. The fraction of sp³-hybridized carbons (Fsp3) is 0.259. The highest BCUT2D eigenvalue weighted by molar-refractivity contribution is 8.00. The van der Waals surface area contributed by atoms with E-state index in [0.29, 0.717) is 17.9 Å². The van der Waals surface area contributed by atoms with Crippen LogP contribution in [-0.4, -0.2) is 35.6 Å². The van der Waals surface area contributed by atoms with Crippen LogP contribution in [0.1, 0.15) is 35.6 Å². The van der Waals surface area contributed by atoms with E-state index in [1.165, 1.54) is 0 Å². The van der Waals surface area contributed by atoms with Crippen LogP contribution in [-0.2, 0) is 14.5 Å². The molecule has 3 aromatic carbocycles. The zero-order valence-corrected chi connectivity index (χ0v) is 19.3. The van der Waals surface area contributed by atoms with E-state index in [4.69, 9.17) is 4.74 Å². The first-order chi connectivity index (χ1) is 16.1. The molecule has 2 heterocycles. The Morgan fingerprint density at radius 2 is 1.70 bits per heavy atom. The van der Waals surface area contributed by atoms with Crippen LogP contribution in [0.2, 0.25) is 0 Å². The molecule has 0 spiro atoms. The van der Waals surface area contributed by atoms with Gasteiger partial charge in [0.15, 0.2) is 0 Å². The molecule has 5 nitrogen and oxygen atoms in total. The molecule has 5 rings (SSSR count). The Kier molecular flexibility index (Phi) is 5.85. The van der Waals surface area contributed by atoms with Crippen LogP contribution in [0.15, 0.2) is 84.9 Å². The molecular weight excluding hydrogens is 432 g/mol. The number of ether oxygens (including phenoxy) is 1. The van der Waals surface area contributed by atoms with E-state index in [-0.39, 0.29) is 17.9 Å². The molecule has 2 aliphatic rings. The summed E-state index contributed by atoms with van der Waals surface area (Å²) in [6.07, 6.45) is 1.18. The van der Waals surface area contributed by atoms with Gasteiger partial charge in [0, 0.05) is 17.7 Å². The van der Waals surface area contributed by atoms with Gasteiger partial charge in [-0.15, -0.1) is 11.8 Å². The van der Waals surface area contributed by atoms with E-state index >= 15 is 0 Å². The molecule has 0 bridgehead atoms. The van der Waals surface area contributed by atoms with E-state index in [9.17, 15) is 9.59 Å². The lowest BCUT2D eigenvalue weighted by molar-refractivity contribution is -0.138. The number of nitrogens with one attached hydrogen (secondary N) is 1. The van der Waals surface area contributed by atoms with Crippen molar-refractivity contribution < 1.29 is 14.3 Å². The maximum atomic E-state index is 13.7. The number of thioether (sulfide) groups is 1. The molecule has 2 saturated heterocycles. The predicted molar refractivity (Wildman–Crippen MR) is 130 cm³/mol. The fourth-order valence-corrected chi connectivity index (χ4v) is 6.62. The zero-order valence-electron chi connectivity index (χ0n) is 18.4. The summed E-state index contributed by atoms with van der Waals surface area (Å²) in [6, 6.07) is 26.7. The number of hydrogen-bond donors (Lipinski definition) is 1. The Bertz CT molecular complexity index is 1150. The third kappa shape index (κ3) is 3.78. The van der Waals surface area contributed by atoms with Crippen LogP contribution < -0.4 is 10.1 Å². The monoisotopic (exact) mass is 458 g/mol. The van der Waals surface area contributed by atoms with Crippen molar-refractivity contribution in [3.8, 4) is 5.75 Å². The standard InChI is InChI=1S/C27H26N2O3S/c1-32-23-15-9-8-14-21(23)25(19-10-4-2-5-11-19)28-26(31)22-18-33-27(17-16-24(30)29(22)27)20-12-6-3-7-13-20/h2-15,22,25H,16-18H2,1H3,(H,28,31). The lowest BCUT2D eigenvalue weighted by atomic mass is 9.97. The molecule has 33 heavy (non-hydrogen) atoms. The molecule has 6 heteroatoms. The van der Waals surface area contributed by atoms with Gasteiger partial charge in [-0.2, -0.15) is 0 Å². The Hall–Kier alpha value is -3.25. The minimum Gasteiger partial charge on any atom is -0.496 e. The van der Waals surface area contributed by atoms with Crippen molar-refractivity contribution in [3.05, 3.63) is 102 Å². The van der Waals surface area contributed by atoms with Crippen LogP contribution in [0.4, 0.5) is 0 Å². The van der Waals surface area contributed by atoms with Gasteiger partial charge in [-0.25, -0.2) is 0 Å². The van der Waals surface area contributed by atoms with Crippen molar-refractivity contribution in [2.45, 2.75) is 29.8 Å². The first-order valence-corrected chi connectivity index (χ1v) is 12.1. The van der Waals surface area contributed by atoms with Crippen molar-refractivity contribution >= 4 is 23.6 Å². The Balaban J connectivity index is 1.48. The molecule has 2 amide bonds. The van der Waals surface area contributed by atoms with Gasteiger partial charge >= 0.3 is 0 Å². The number of benzene rings is 3. The predicted octanol–water partition coefficient (Wildman–Crippen LogP) is 4.49. The summed E-state index contributed by atoms with van der Waals surface area (Å²) in [5.41, 5.74) is 2.93. The average molecular weight is 459 g/mol. The smallest absolute Gasteiger partial charge is 0.244 e. The minimum absolute atomic E-state index is 0.0394. The first kappa shape index (κ1) is 21.6. The van der Waals surface area contributed by atoms with Gasteiger partial charge in [-0.1, -0.05) is 78.9 Å². The van der Waals surface area contributed by atoms with Gasteiger partial charge in [0.05, 0.1) is 13.2 Å². The SMILES string of the molecule is COc1ccccc1C(NC(=O)C1CSC2(c3ccccc3)CCC(=O)N12)c1ccccc1. The van der Waals surface area contributed by atoms with Crippen LogP contribution in [0, 0.1) is 0 Å². The van der Waals surface area contributed by atoms with E-state index in [1.807, 2.05) is 77.7 Å². The summed E-state index contributed by atoms with van der Waals surface area (Å²) in [5, 5.41) is 3.24. The summed E-state index contributed by atoms with van der Waals surface area (Å²) in [5.74, 6) is 1.18. The van der Waals surface area contributed by atoms with Gasteiger partial charge < -0.3 is 15.0 Å². The normalized spacial score (nSPS) is 22.6. The molecular formula is C27H26N2O3S. The Labute approximate surface area is 198 Å². The molecule has 2 fully saturated rings. The van der Waals surface area contributed by atoms with Crippen LogP contribution in [0.5, 0.6) is 5.75 Å². The minimum atomic E-state index is -0.522. The number of fused-ring (bicyclic) bond motifs is 1. The number of rotatable bonds is 6. The van der Waals surface area contributed by atoms with E-state index < -0.39 is 10.9 Å². The van der Waals surface area contributed by atoms with Gasteiger partial charge in [0.25, 0.3) is 0 Å². The fourth-order valence-electron chi connectivity index (χ4n) is 4.97. The maximum Gasteiger partial charge on any atom is 0.244 e. The van der Waals surface area contributed by atoms with Gasteiger partial charge in [0.1, 0.15) is 16.7 Å². The van der Waals surface area contributed by atoms with Gasteiger partial charge in [-0.3, -0.25) is 9.59 Å². The van der Waals surface area contributed by atoms with Gasteiger partial charge in [-0.05, 0) is 23.6 Å². The molecule has 3 aromatic rings. The second-order valence-corrected chi connectivity index (χ2v) is 9.63.